The van der Waals surface area contributed by atoms with E-state index in [1.807, 2.05) is 6.07 Å². The first-order chi connectivity index (χ1) is 8.63. The van der Waals surface area contributed by atoms with Crippen molar-refractivity contribution in [1.82, 2.24) is 0 Å². The summed E-state index contributed by atoms with van der Waals surface area (Å²) in [7, 11) is 1.57. The molecule has 0 aromatic heterocycles. The van der Waals surface area contributed by atoms with Crippen molar-refractivity contribution in [3.63, 3.8) is 0 Å². The highest BCUT2D eigenvalue weighted by molar-refractivity contribution is 9.10. The molecule has 1 fully saturated rings. The number of hydrogen-bond acceptors (Lipinski definition) is 3. The van der Waals surface area contributed by atoms with Gasteiger partial charge in [-0.2, -0.15) is 0 Å². The second-order valence-electron chi connectivity index (χ2n) is 5.05. The van der Waals surface area contributed by atoms with Crippen molar-refractivity contribution in [1.29, 1.82) is 0 Å². The lowest BCUT2D eigenvalue weighted by Crippen LogP contribution is -2.37. The summed E-state index contributed by atoms with van der Waals surface area (Å²) in [6.07, 6.45) is 5.68. The van der Waals surface area contributed by atoms with Crippen LogP contribution in [0.25, 0.3) is 0 Å². The maximum absolute atomic E-state index is 10.4. The molecule has 2 rings (SSSR count). The van der Waals surface area contributed by atoms with Crippen LogP contribution >= 0.6 is 15.9 Å². The third-order valence-electron chi connectivity index (χ3n) is 4.03. The van der Waals surface area contributed by atoms with Gasteiger partial charge in [-0.1, -0.05) is 35.2 Å². The molecule has 3 N–H and O–H groups in total. The van der Waals surface area contributed by atoms with Crippen LogP contribution in [-0.4, -0.2) is 18.8 Å². The van der Waals surface area contributed by atoms with Gasteiger partial charge < -0.3 is 15.6 Å². The van der Waals surface area contributed by atoms with Crippen molar-refractivity contribution in [2.24, 2.45) is 5.73 Å². The summed E-state index contributed by atoms with van der Waals surface area (Å²) < 4.78 is 6.15. The highest BCUT2D eigenvalue weighted by Crippen LogP contribution is 2.46. The number of benzene rings is 1. The van der Waals surface area contributed by atoms with E-state index < -0.39 is 0 Å². The minimum absolute atomic E-state index is 0.0978. The van der Waals surface area contributed by atoms with Crippen LogP contribution < -0.4 is 10.5 Å². The lowest BCUT2D eigenvalue weighted by atomic mass is 9.69. The van der Waals surface area contributed by atoms with Gasteiger partial charge in [-0.05, 0) is 25.0 Å². The lowest BCUT2D eigenvalue weighted by molar-refractivity contribution is 0.285. The molecule has 1 aromatic rings. The third-order valence-corrected chi connectivity index (χ3v) is 4.49. The largest absolute Gasteiger partial charge is 0.504 e. The molecular weight excluding hydrogens is 294 g/mol. The Kier molecular flexibility index (Phi) is 4.17. The molecule has 100 valence electrons. The van der Waals surface area contributed by atoms with Crippen molar-refractivity contribution in [3.8, 4) is 11.5 Å². The highest BCUT2D eigenvalue weighted by Gasteiger charge is 2.35. The van der Waals surface area contributed by atoms with Crippen LogP contribution in [0.2, 0.25) is 0 Å². The zero-order valence-electron chi connectivity index (χ0n) is 10.7. The Morgan fingerprint density at radius 2 is 2.00 bits per heavy atom. The molecule has 0 spiro atoms. The molecule has 1 aliphatic carbocycles. The molecule has 0 bridgehead atoms. The molecule has 0 radical (unpaired) electrons. The van der Waals surface area contributed by atoms with Gasteiger partial charge in [-0.15, -0.1) is 0 Å². The zero-order valence-corrected chi connectivity index (χ0v) is 12.3. The average molecular weight is 314 g/mol. The van der Waals surface area contributed by atoms with Gasteiger partial charge in [-0.3, -0.25) is 0 Å². The predicted octanol–water partition coefficient (Wildman–Crippen LogP) is 3.32. The number of aromatic hydroxyl groups is 1. The molecule has 0 atom stereocenters. The van der Waals surface area contributed by atoms with Crippen molar-refractivity contribution >= 4 is 15.9 Å². The Balaban J connectivity index is 2.50. The van der Waals surface area contributed by atoms with E-state index in [1.54, 1.807) is 13.2 Å². The smallest absolute Gasteiger partial charge is 0.161 e. The minimum Gasteiger partial charge on any atom is -0.504 e. The molecule has 1 aliphatic rings. The van der Waals surface area contributed by atoms with Crippen molar-refractivity contribution in [2.45, 2.75) is 37.5 Å². The summed E-state index contributed by atoms with van der Waals surface area (Å²) in [6, 6.07) is 3.77. The van der Waals surface area contributed by atoms with Crippen LogP contribution in [0.15, 0.2) is 16.6 Å². The average Bonchev–Trinajstić information content (AvgIpc) is 2.41. The molecule has 0 heterocycles. The highest BCUT2D eigenvalue weighted by atomic mass is 79.9. The van der Waals surface area contributed by atoms with Crippen molar-refractivity contribution in [3.05, 3.63) is 22.2 Å². The summed E-state index contributed by atoms with van der Waals surface area (Å²) in [4.78, 5) is 0. The summed E-state index contributed by atoms with van der Waals surface area (Å²) in [5.74, 6) is 0.755. The molecule has 1 aromatic carbocycles. The molecule has 18 heavy (non-hydrogen) atoms. The molecule has 1 saturated carbocycles. The number of nitrogens with two attached hydrogens (primary N) is 1. The number of phenols is 1. The van der Waals surface area contributed by atoms with Crippen LogP contribution in [-0.2, 0) is 5.41 Å². The fourth-order valence-electron chi connectivity index (χ4n) is 2.95. The Labute approximate surface area is 116 Å². The maximum atomic E-state index is 10.4. The quantitative estimate of drug-likeness (QED) is 0.900. The van der Waals surface area contributed by atoms with Crippen LogP contribution in [0.1, 0.15) is 37.7 Å². The van der Waals surface area contributed by atoms with Gasteiger partial charge in [0.2, 0.25) is 0 Å². The van der Waals surface area contributed by atoms with Gasteiger partial charge >= 0.3 is 0 Å². The third kappa shape index (κ3) is 2.36. The first-order valence-electron chi connectivity index (χ1n) is 6.40. The lowest BCUT2D eigenvalue weighted by Gasteiger charge is -2.37. The molecule has 0 amide bonds. The Hall–Kier alpha value is -0.740. The molecule has 3 nitrogen and oxygen atoms in total. The number of methoxy groups -OCH3 is 1. The van der Waals surface area contributed by atoms with Gasteiger partial charge in [0.05, 0.1) is 7.11 Å². The summed E-state index contributed by atoms with van der Waals surface area (Å²) in [5.41, 5.74) is 6.84. The SMILES string of the molecule is COc1cc(Br)cc(C2(CN)CCCCC2)c1O. The van der Waals surface area contributed by atoms with Crippen molar-refractivity contribution < 1.29 is 9.84 Å². The fraction of sp³-hybridized carbons (Fsp3) is 0.571. The van der Waals surface area contributed by atoms with Crippen LogP contribution in [0.4, 0.5) is 0 Å². The zero-order chi connectivity index (χ0) is 13.2. The standard InChI is InChI=1S/C14H20BrNO2/c1-18-12-8-10(15)7-11(13(12)17)14(9-16)5-3-2-4-6-14/h7-8,17H,2-6,9,16H2,1H3. The first kappa shape index (κ1) is 13.7. The minimum atomic E-state index is -0.0978. The topological polar surface area (TPSA) is 55.5 Å². The molecule has 0 saturated heterocycles. The van der Waals surface area contributed by atoms with E-state index in [9.17, 15) is 5.11 Å². The van der Waals surface area contributed by atoms with E-state index in [4.69, 9.17) is 10.5 Å². The van der Waals surface area contributed by atoms with Gasteiger partial charge in [0.15, 0.2) is 11.5 Å². The van der Waals surface area contributed by atoms with Crippen LogP contribution in [0, 0.1) is 0 Å². The Bertz CT molecular complexity index is 428. The predicted molar refractivity (Wildman–Crippen MR) is 76.2 cm³/mol. The Morgan fingerprint density at radius 3 is 2.56 bits per heavy atom. The molecule has 4 heteroatoms. The number of ether oxygens (including phenoxy) is 1. The Morgan fingerprint density at radius 1 is 1.33 bits per heavy atom. The first-order valence-corrected chi connectivity index (χ1v) is 7.19. The number of hydrogen-bond donors (Lipinski definition) is 2. The van der Waals surface area contributed by atoms with Crippen LogP contribution in [0.3, 0.4) is 0 Å². The van der Waals surface area contributed by atoms with Gasteiger partial charge in [0.25, 0.3) is 0 Å². The van der Waals surface area contributed by atoms with Crippen molar-refractivity contribution in [2.75, 3.05) is 13.7 Å². The number of rotatable bonds is 3. The van der Waals surface area contributed by atoms with Crippen LogP contribution in [0.5, 0.6) is 11.5 Å². The van der Waals surface area contributed by atoms with Gasteiger partial charge in [-0.25, -0.2) is 0 Å². The van der Waals surface area contributed by atoms with E-state index in [1.165, 1.54) is 19.3 Å². The maximum Gasteiger partial charge on any atom is 0.161 e. The van der Waals surface area contributed by atoms with E-state index in [2.05, 4.69) is 15.9 Å². The fourth-order valence-corrected chi connectivity index (χ4v) is 3.38. The van der Waals surface area contributed by atoms with E-state index in [0.717, 1.165) is 22.9 Å². The normalized spacial score (nSPS) is 18.6. The van der Waals surface area contributed by atoms with Gasteiger partial charge in [0, 0.05) is 22.0 Å². The van der Waals surface area contributed by atoms with Gasteiger partial charge in [0.1, 0.15) is 0 Å². The second-order valence-corrected chi connectivity index (χ2v) is 5.97. The molecule has 0 aliphatic heterocycles. The van der Waals surface area contributed by atoms with E-state index >= 15 is 0 Å². The number of phenolic OH excluding ortho intramolecular Hbond substituents is 1. The summed E-state index contributed by atoms with van der Waals surface area (Å²) in [6.45, 7) is 0.570. The monoisotopic (exact) mass is 313 g/mol. The second kappa shape index (κ2) is 5.49. The van der Waals surface area contributed by atoms with E-state index in [0.29, 0.717) is 12.3 Å². The summed E-state index contributed by atoms with van der Waals surface area (Å²) >= 11 is 3.48. The molecule has 0 unspecified atom stereocenters. The summed E-state index contributed by atoms with van der Waals surface area (Å²) in [5, 5.41) is 10.4. The number of halogens is 1. The molecular formula is C14H20BrNO2. The van der Waals surface area contributed by atoms with E-state index in [-0.39, 0.29) is 11.2 Å².